The number of nitrogens with zero attached hydrogens (tertiary/aromatic N) is 1. The van der Waals surface area contributed by atoms with Crippen LogP contribution in [-0.2, 0) is 14.8 Å². The average Bonchev–Trinajstić information content (AvgIpc) is 2.81. The number of ether oxygens (including phenoxy) is 2. The van der Waals surface area contributed by atoms with Gasteiger partial charge in [0.1, 0.15) is 11.5 Å². The summed E-state index contributed by atoms with van der Waals surface area (Å²) in [7, 11) is -1.99. The van der Waals surface area contributed by atoms with E-state index >= 15 is 0 Å². The first-order valence-corrected chi connectivity index (χ1v) is 10.4. The Kier molecular flexibility index (Phi) is 5.48. The van der Waals surface area contributed by atoms with Crippen molar-refractivity contribution in [3.8, 4) is 11.5 Å². The van der Waals surface area contributed by atoms with Gasteiger partial charge in [-0.1, -0.05) is 11.6 Å². The fourth-order valence-corrected chi connectivity index (χ4v) is 3.88. The average molecular weight is 411 g/mol. The van der Waals surface area contributed by atoms with E-state index in [-0.39, 0.29) is 24.6 Å². The van der Waals surface area contributed by atoms with Gasteiger partial charge in [-0.2, -0.15) is 0 Å². The third-order valence-electron chi connectivity index (χ3n) is 4.10. The van der Waals surface area contributed by atoms with Gasteiger partial charge in [-0.25, -0.2) is 8.42 Å². The highest BCUT2D eigenvalue weighted by Crippen LogP contribution is 2.36. The summed E-state index contributed by atoms with van der Waals surface area (Å²) in [5.41, 5.74) is 0.912. The van der Waals surface area contributed by atoms with Gasteiger partial charge < -0.3 is 14.8 Å². The van der Waals surface area contributed by atoms with Crippen molar-refractivity contribution in [2.45, 2.75) is 12.5 Å². The summed E-state index contributed by atoms with van der Waals surface area (Å²) in [6.45, 7) is 0.104. The van der Waals surface area contributed by atoms with Gasteiger partial charge >= 0.3 is 0 Å². The molecule has 0 radical (unpaired) electrons. The zero-order valence-electron chi connectivity index (χ0n) is 14.8. The summed E-state index contributed by atoms with van der Waals surface area (Å²) in [5.74, 6) is 0.599. The maximum atomic E-state index is 12.6. The van der Waals surface area contributed by atoms with E-state index in [2.05, 4.69) is 5.32 Å². The molecule has 1 amide bonds. The van der Waals surface area contributed by atoms with E-state index in [0.29, 0.717) is 22.1 Å². The van der Waals surface area contributed by atoms with Crippen molar-refractivity contribution < 1.29 is 22.7 Å². The summed E-state index contributed by atoms with van der Waals surface area (Å²) >= 11 is 6.01. The van der Waals surface area contributed by atoms with Gasteiger partial charge in [0.15, 0.2) is 6.10 Å². The number of fused-ring (bicyclic) bond motifs is 1. The van der Waals surface area contributed by atoms with Crippen LogP contribution in [0, 0.1) is 0 Å². The number of hydrogen-bond acceptors (Lipinski definition) is 5. The lowest BCUT2D eigenvalue weighted by Crippen LogP contribution is -2.35. The molecule has 0 aliphatic carbocycles. The first-order chi connectivity index (χ1) is 12.8. The molecule has 144 valence electrons. The molecule has 1 heterocycles. The Morgan fingerprint density at radius 1 is 1.26 bits per heavy atom. The van der Waals surface area contributed by atoms with Crippen LogP contribution in [0.15, 0.2) is 42.5 Å². The number of halogens is 1. The zero-order valence-corrected chi connectivity index (χ0v) is 16.4. The minimum Gasteiger partial charge on any atom is -0.497 e. The minimum absolute atomic E-state index is 0.104. The smallest absolute Gasteiger partial charge is 0.265 e. The molecule has 2 aromatic rings. The van der Waals surface area contributed by atoms with Crippen molar-refractivity contribution in [2.24, 2.45) is 0 Å². The standard InChI is InChI=1S/C18H19ClN2O5S/c1-25-14-6-4-13(5-7-14)20-18(22)17-9-10-21(27(2,23)24)15-11-12(19)3-8-16(15)26-17/h3-8,11,17H,9-10H2,1-2H3,(H,20,22)/t17-/m1/s1. The molecule has 0 unspecified atom stereocenters. The number of nitrogens with one attached hydrogen (secondary N) is 1. The Bertz CT molecular complexity index is 947. The maximum Gasteiger partial charge on any atom is 0.265 e. The highest BCUT2D eigenvalue weighted by molar-refractivity contribution is 7.92. The number of benzene rings is 2. The van der Waals surface area contributed by atoms with Crippen molar-refractivity contribution >= 4 is 38.9 Å². The number of rotatable bonds is 4. The third kappa shape index (κ3) is 4.45. The number of carbonyl (C=O) groups excluding carboxylic acids is 1. The van der Waals surface area contributed by atoms with Crippen molar-refractivity contribution in [1.82, 2.24) is 0 Å². The van der Waals surface area contributed by atoms with E-state index in [1.165, 1.54) is 10.4 Å². The lowest BCUT2D eigenvalue weighted by atomic mass is 10.2. The maximum absolute atomic E-state index is 12.6. The van der Waals surface area contributed by atoms with Crippen LogP contribution >= 0.6 is 11.6 Å². The van der Waals surface area contributed by atoms with Gasteiger partial charge in [-0.3, -0.25) is 9.10 Å². The molecule has 9 heteroatoms. The zero-order chi connectivity index (χ0) is 19.6. The monoisotopic (exact) mass is 410 g/mol. The molecule has 0 aromatic heterocycles. The van der Waals surface area contributed by atoms with Crippen LogP contribution in [0.4, 0.5) is 11.4 Å². The number of sulfonamides is 1. The van der Waals surface area contributed by atoms with Crippen molar-refractivity contribution in [2.75, 3.05) is 29.5 Å². The topological polar surface area (TPSA) is 84.9 Å². The van der Waals surface area contributed by atoms with E-state index in [1.807, 2.05) is 0 Å². The van der Waals surface area contributed by atoms with Gasteiger partial charge in [0.05, 0.1) is 19.1 Å². The summed E-state index contributed by atoms with van der Waals surface area (Å²) < 4.78 is 36.4. The van der Waals surface area contributed by atoms with Gasteiger partial charge in [0.2, 0.25) is 10.0 Å². The molecule has 1 aliphatic heterocycles. The van der Waals surface area contributed by atoms with Gasteiger partial charge in [0.25, 0.3) is 5.91 Å². The van der Waals surface area contributed by atoms with Crippen molar-refractivity contribution in [3.05, 3.63) is 47.5 Å². The number of methoxy groups -OCH3 is 1. The SMILES string of the molecule is COc1ccc(NC(=O)[C@H]2CCN(S(C)(=O)=O)c3cc(Cl)ccc3O2)cc1. The van der Waals surface area contributed by atoms with Crippen LogP contribution in [0.1, 0.15) is 6.42 Å². The molecular weight excluding hydrogens is 392 g/mol. The lowest BCUT2D eigenvalue weighted by Gasteiger charge is -2.21. The predicted octanol–water partition coefficient (Wildman–Crippen LogP) is 2.90. The van der Waals surface area contributed by atoms with Gasteiger partial charge in [0, 0.05) is 23.7 Å². The summed E-state index contributed by atoms with van der Waals surface area (Å²) in [4.78, 5) is 12.6. The Morgan fingerprint density at radius 2 is 1.96 bits per heavy atom. The second kappa shape index (κ2) is 7.66. The molecule has 0 spiro atoms. The molecule has 2 aromatic carbocycles. The summed E-state index contributed by atoms with van der Waals surface area (Å²) in [6.07, 6.45) is 0.454. The van der Waals surface area contributed by atoms with Gasteiger partial charge in [-0.05, 0) is 42.5 Å². The molecule has 0 fully saturated rings. The minimum atomic E-state index is -3.55. The Morgan fingerprint density at radius 3 is 2.59 bits per heavy atom. The second-order valence-corrected chi connectivity index (χ2v) is 8.40. The fourth-order valence-electron chi connectivity index (χ4n) is 2.78. The molecule has 3 rings (SSSR count). The second-order valence-electron chi connectivity index (χ2n) is 6.06. The number of amides is 1. The summed E-state index contributed by atoms with van der Waals surface area (Å²) in [6, 6.07) is 11.5. The number of hydrogen-bond donors (Lipinski definition) is 1. The molecule has 7 nitrogen and oxygen atoms in total. The van der Waals surface area contributed by atoms with Crippen molar-refractivity contribution in [1.29, 1.82) is 0 Å². The molecule has 0 bridgehead atoms. The summed E-state index contributed by atoms with van der Waals surface area (Å²) in [5, 5.41) is 3.15. The van der Waals surface area contributed by atoms with Crippen LogP contribution in [0.5, 0.6) is 11.5 Å². The fraction of sp³-hybridized carbons (Fsp3) is 0.278. The first kappa shape index (κ1) is 19.3. The highest BCUT2D eigenvalue weighted by Gasteiger charge is 2.31. The van der Waals surface area contributed by atoms with Crippen LogP contribution < -0.4 is 19.1 Å². The molecule has 27 heavy (non-hydrogen) atoms. The van der Waals surface area contributed by atoms with E-state index in [0.717, 1.165) is 6.26 Å². The molecule has 1 N–H and O–H groups in total. The molecule has 1 aliphatic rings. The van der Waals surface area contributed by atoms with E-state index in [1.54, 1.807) is 43.5 Å². The Hall–Kier alpha value is -2.45. The van der Waals surface area contributed by atoms with Crippen LogP contribution in [-0.4, -0.2) is 40.3 Å². The molecule has 1 atom stereocenters. The van der Waals surface area contributed by atoms with E-state index in [9.17, 15) is 13.2 Å². The lowest BCUT2D eigenvalue weighted by molar-refractivity contribution is -0.122. The molecule has 0 saturated heterocycles. The normalized spacial score (nSPS) is 16.7. The van der Waals surface area contributed by atoms with Crippen LogP contribution in [0.25, 0.3) is 0 Å². The van der Waals surface area contributed by atoms with Crippen LogP contribution in [0.3, 0.4) is 0 Å². The largest absolute Gasteiger partial charge is 0.497 e. The third-order valence-corrected chi connectivity index (χ3v) is 5.52. The Labute approximate surface area is 162 Å². The number of carbonyl (C=O) groups is 1. The van der Waals surface area contributed by atoms with Gasteiger partial charge in [-0.15, -0.1) is 0 Å². The van der Waals surface area contributed by atoms with E-state index in [4.69, 9.17) is 21.1 Å². The molecular formula is C18H19ClN2O5S. The number of anilines is 2. The van der Waals surface area contributed by atoms with Crippen molar-refractivity contribution in [3.63, 3.8) is 0 Å². The van der Waals surface area contributed by atoms with E-state index < -0.39 is 16.1 Å². The molecule has 0 saturated carbocycles. The highest BCUT2D eigenvalue weighted by atomic mass is 35.5. The van der Waals surface area contributed by atoms with Crippen LogP contribution in [0.2, 0.25) is 5.02 Å². The Balaban J connectivity index is 1.83. The quantitative estimate of drug-likeness (QED) is 0.837. The first-order valence-electron chi connectivity index (χ1n) is 8.17. The predicted molar refractivity (Wildman–Crippen MR) is 104 cm³/mol.